The molecule has 1 saturated heterocycles. The number of hydrogen-bond acceptors (Lipinski definition) is 5. The first-order valence-corrected chi connectivity index (χ1v) is 9.71. The second-order valence-electron chi connectivity index (χ2n) is 5.87. The Balaban J connectivity index is 1.66. The topological polar surface area (TPSA) is 62.2 Å². The van der Waals surface area contributed by atoms with E-state index in [1.165, 1.54) is 11.3 Å². The van der Waals surface area contributed by atoms with Crippen LogP contribution in [0.3, 0.4) is 0 Å². The van der Waals surface area contributed by atoms with E-state index in [2.05, 4.69) is 10.3 Å². The maximum atomic E-state index is 12.3. The third-order valence-electron chi connectivity index (χ3n) is 4.11. The van der Waals surface area contributed by atoms with E-state index in [-0.39, 0.29) is 5.91 Å². The van der Waals surface area contributed by atoms with Gasteiger partial charge < -0.3 is 10.4 Å². The number of aromatic nitrogens is 1. The Kier molecular flexibility index (Phi) is 5.04. The van der Waals surface area contributed by atoms with Crippen LogP contribution in [0.1, 0.15) is 28.9 Å². The molecule has 1 fully saturated rings. The van der Waals surface area contributed by atoms with Gasteiger partial charge in [0.15, 0.2) is 0 Å². The van der Waals surface area contributed by atoms with Crippen molar-refractivity contribution in [3.8, 4) is 10.6 Å². The number of hydrogen-bond donors (Lipinski definition) is 2. The fourth-order valence-corrected chi connectivity index (χ4v) is 4.72. The largest absolute Gasteiger partial charge is 0.388 e. The molecule has 122 valence electrons. The van der Waals surface area contributed by atoms with Gasteiger partial charge in [0.2, 0.25) is 0 Å². The van der Waals surface area contributed by atoms with E-state index in [0.29, 0.717) is 12.2 Å². The van der Waals surface area contributed by atoms with Gasteiger partial charge in [-0.25, -0.2) is 4.98 Å². The number of amides is 1. The molecule has 2 aromatic rings. The summed E-state index contributed by atoms with van der Waals surface area (Å²) >= 11 is 3.31. The van der Waals surface area contributed by atoms with Gasteiger partial charge in [0.05, 0.1) is 5.60 Å². The van der Waals surface area contributed by atoms with E-state index in [9.17, 15) is 9.90 Å². The van der Waals surface area contributed by atoms with Crippen molar-refractivity contribution in [2.24, 2.45) is 0 Å². The molecule has 1 aliphatic rings. The van der Waals surface area contributed by atoms with Crippen molar-refractivity contribution in [2.45, 2.75) is 25.4 Å². The van der Waals surface area contributed by atoms with E-state index in [0.717, 1.165) is 40.5 Å². The highest BCUT2D eigenvalue weighted by atomic mass is 32.2. The lowest BCUT2D eigenvalue weighted by Gasteiger charge is -2.31. The molecule has 6 heteroatoms. The predicted molar refractivity (Wildman–Crippen MR) is 96.1 cm³/mol. The third-order valence-corrected chi connectivity index (χ3v) is 5.97. The van der Waals surface area contributed by atoms with Crippen molar-refractivity contribution in [1.29, 1.82) is 0 Å². The minimum atomic E-state index is -0.768. The van der Waals surface area contributed by atoms with Crippen LogP contribution in [0.5, 0.6) is 0 Å². The number of rotatable bonds is 4. The zero-order valence-electron chi connectivity index (χ0n) is 13.0. The lowest BCUT2D eigenvalue weighted by Crippen LogP contribution is -2.45. The fourth-order valence-electron chi connectivity index (χ4n) is 2.58. The third kappa shape index (κ3) is 3.94. The number of nitrogens with zero attached hydrogens (tertiary/aromatic N) is 1. The first-order chi connectivity index (χ1) is 11.1. The number of nitrogens with one attached hydrogen (secondary N) is 1. The SMILES string of the molecule is Cc1ccccc1-c1nc(C(=O)NCC2(O)CCSCC2)cs1. The Morgan fingerprint density at radius 1 is 1.35 bits per heavy atom. The first kappa shape index (κ1) is 16.5. The Morgan fingerprint density at radius 2 is 2.09 bits per heavy atom. The summed E-state index contributed by atoms with van der Waals surface area (Å²) in [6.45, 7) is 2.33. The average molecular weight is 348 g/mol. The van der Waals surface area contributed by atoms with Crippen LogP contribution in [0.4, 0.5) is 0 Å². The quantitative estimate of drug-likeness (QED) is 0.891. The number of benzene rings is 1. The number of aliphatic hydroxyl groups is 1. The smallest absolute Gasteiger partial charge is 0.270 e. The summed E-state index contributed by atoms with van der Waals surface area (Å²) in [6.07, 6.45) is 1.45. The van der Waals surface area contributed by atoms with E-state index < -0.39 is 5.60 Å². The summed E-state index contributed by atoms with van der Waals surface area (Å²) in [5.41, 5.74) is 1.85. The zero-order valence-corrected chi connectivity index (χ0v) is 14.7. The van der Waals surface area contributed by atoms with Crippen LogP contribution in [0.2, 0.25) is 0 Å². The Labute approximate surface area is 144 Å². The van der Waals surface area contributed by atoms with Gasteiger partial charge >= 0.3 is 0 Å². The van der Waals surface area contributed by atoms with Crippen LogP contribution < -0.4 is 5.32 Å². The second-order valence-corrected chi connectivity index (χ2v) is 7.96. The number of carbonyl (C=O) groups excluding carboxylic acids is 1. The summed E-state index contributed by atoms with van der Waals surface area (Å²) in [5.74, 6) is 1.67. The minimum Gasteiger partial charge on any atom is -0.388 e. The first-order valence-electron chi connectivity index (χ1n) is 7.67. The maximum absolute atomic E-state index is 12.3. The lowest BCUT2D eigenvalue weighted by atomic mass is 9.97. The van der Waals surface area contributed by atoms with E-state index in [1.807, 2.05) is 43.0 Å². The van der Waals surface area contributed by atoms with Crippen molar-refractivity contribution >= 4 is 29.0 Å². The Morgan fingerprint density at radius 3 is 2.83 bits per heavy atom. The highest BCUT2D eigenvalue weighted by Gasteiger charge is 2.30. The number of thioether (sulfide) groups is 1. The summed E-state index contributed by atoms with van der Waals surface area (Å²) in [7, 11) is 0. The van der Waals surface area contributed by atoms with Crippen molar-refractivity contribution in [1.82, 2.24) is 10.3 Å². The van der Waals surface area contributed by atoms with Gasteiger partial charge in [0.1, 0.15) is 10.7 Å². The molecule has 23 heavy (non-hydrogen) atoms. The molecule has 2 heterocycles. The van der Waals surface area contributed by atoms with E-state index in [4.69, 9.17) is 0 Å². The standard InChI is InChI=1S/C17H20N2O2S2/c1-12-4-2-3-5-13(12)16-19-14(10-23-16)15(20)18-11-17(21)6-8-22-9-7-17/h2-5,10,21H,6-9,11H2,1H3,(H,18,20). The lowest BCUT2D eigenvalue weighted by molar-refractivity contribution is 0.0310. The van der Waals surface area contributed by atoms with Gasteiger partial charge in [-0.1, -0.05) is 24.3 Å². The van der Waals surface area contributed by atoms with Crippen molar-refractivity contribution < 1.29 is 9.90 Å². The molecule has 1 aliphatic heterocycles. The molecule has 4 nitrogen and oxygen atoms in total. The highest BCUT2D eigenvalue weighted by molar-refractivity contribution is 7.99. The molecule has 0 saturated carbocycles. The molecule has 0 radical (unpaired) electrons. The summed E-state index contributed by atoms with van der Waals surface area (Å²) < 4.78 is 0. The van der Waals surface area contributed by atoms with Gasteiger partial charge in [-0.2, -0.15) is 11.8 Å². The normalized spacial score (nSPS) is 17.0. The maximum Gasteiger partial charge on any atom is 0.270 e. The molecule has 1 aromatic heterocycles. The van der Waals surface area contributed by atoms with E-state index >= 15 is 0 Å². The minimum absolute atomic E-state index is 0.215. The molecule has 0 unspecified atom stereocenters. The average Bonchev–Trinajstić information content (AvgIpc) is 3.04. The number of carbonyl (C=O) groups is 1. The Hall–Kier alpha value is -1.37. The molecule has 1 aromatic carbocycles. The van der Waals surface area contributed by atoms with Crippen LogP contribution in [-0.4, -0.2) is 39.6 Å². The molecule has 0 aliphatic carbocycles. The second kappa shape index (κ2) is 7.03. The van der Waals surface area contributed by atoms with Crippen molar-refractivity contribution in [3.63, 3.8) is 0 Å². The van der Waals surface area contributed by atoms with Crippen LogP contribution >= 0.6 is 23.1 Å². The fraction of sp³-hybridized carbons (Fsp3) is 0.412. The van der Waals surface area contributed by atoms with Gasteiger partial charge in [0.25, 0.3) is 5.91 Å². The van der Waals surface area contributed by atoms with Crippen molar-refractivity contribution in [3.05, 3.63) is 40.9 Å². The molecule has 1 amide bonds. The van der Waals surface area contributed by atoms with Gasteiger partial charge in [-0.05, 0) is 36.8 Å². The summed E-state index contributed by atoms with van der Waals surface area (Å²) in [6, 6.07) is 8.01. The number of thiazole rings is 1. The summed E-state index contributed by atoms with van der Waals surface area (Å²) in [4.78, 5) is 16.7. The van der Waals surface area contributed by atoms with Gasteiger partial charge in [0, 0.05) is 17.5 Å². The number of aryl methyl sites for hydroxylation is 1. The molecule has 0 bridgehead atoms. The van der Waals surface area contributed by atoms with Gasteiger partial charge in [-0.3, -0.25) is 4.79 Å². The van der Waals surface area contributed by atoms with E-state index in [1.54, 1.807) is 5.38 Å². The van der Waals surface area contributed by atoms with Crippen LogP contribution in [0.25, 0.3) is 10.6 Å². The van der Waals surface area contributed by atoms with Gasteiger partial charge in [-0.15, -0.1) is 11.3 Å². The molecule has 0 atom stereocenters. The zero-order chi connectivity index (χ0) is 16.3. The molecule has 2 N–H and O–H groups in total. The Bertz CT molecular complexity index is 693. The van der Waals surface area contributed by atoms with Crippen LogP contribution in [0, 0.1) is 6.92 Å². The predicted octanol–water partition coefficient (Wildman–Crippen LogP) is 3.11. The molecule has 0 spiro atoms. The van der Waals surface area contributed by atoms with Crippen molar-refractivity contribution in [2.75, 3.05) is 18.1 Å². The molecule has 3 rings (SSSR count). The monoisotopic (exact) mass is 348 g/mol. The summed E-state index contributed by atoms with van der Waals surface area (Å²) in [5, 5.41) is 15.9. The highest BCUT2D eigenvalue weighted by Crippen LogP contribution is 2.28. The molecular formula is C17H20N2O2S2. The molecular weight excluding hydrogens is 328 g/mol. The van der Waals surface area contributed by atoms with Crippen LogP contribution in [-0.2, 0) is 0 Å². The van der Waals surface area contributed by atoms with Crippen LogP contribution in [0.15, 0.2) is 29.6 Å².